The molecule has 0 saturated carbocycles. The minimum absolute atomic E-state index is 0.107. The molecule has 0 aliphatic heterocycles. The number of aromatic nitrogens is 4. The van der Waals surface area contributed by atoms with Crippen LogP contribution < -0.4 is 10.0 Å². The van der Waals surface area contributed by atoms with Crippen molar-refractivity contribution in [2.24, 2.45) is 0 Å². The smallest absolute Gasteiger partial charge is 0.263 e. The van der Waals surface area contributed by atoms with Crippen LogP contribution in [-0.2, 0) is 10.0 Å². The molecule has 0 saturated heterocycles. The van der Waals surface area contributed by atoms with Gasteiger partial charge in [0.05, 0.1) is 27.7 Å². The minimum atomic E-state index is -4.28. The summed E-state index contributed by atoms with van der Waals surface area (Å²) in [6.45, 7) is 0. The lowest BCUT2D eigenvalue weighted by molar-refractivity contribution is 0.504. The number of benzene rings is 3. The maximum Gasteiger partial charge on any atom is 0.263 e. The number of para-hydroxylation sites is 2. The van der Waals surface area contributed by atoms with Crippen molar-refractivity contribution in [3.63, 3.8) is 0 Å². The lowest BCUT2D eigenvalue weighted by atomic mass is 10.2. The minimum Gasteiger partial charge on any atom is -0.337 e. The standard InChI is InChI=1S/C20H12F2N6O2S2/c21-13-7-6-12(10-14(13)22)32(29,30)28-20-19(24-15-3-1-2-4-16(15)25-20)23-11-5-8-17-18(9-11)27-31-26-17/h1-10H,(H,23,24)(H,25,28). The van der Waals surface area contributed by atoms with Gasteiger partial charge in [0.25, 0.3) is 10.0 Å². The highest BCUT2D eigenvalue weighted by molar-refractivity contribution is 7.92. The van der Waals surface area contributed by atoms with Gasteiger partial charge in [0.1, 0.15) is 11.0 Å². The fourth-order valence-electron chi connectivity index (χ4n) is 2.99. The van der Waals surface area contributed by atoms with Gasteiger partial charge in [0.2, 0.25) is 0 Å². The van der Waals surface area contributed by atoms with E-state index >= 15 is 0 Å². The van der Waals surface area contributed by atoms with Gasteiger partial charge in [-0.3, -0.25) is 4.72 Å². The molecule has 0 atom stereocenters. The van der Waals surface area contributed by atoms with E-state index in [1.807, 2.05) is 0 Å². The summed E-state index contributed by atoms with van der Waals surface area (Å²) >= 11 is 1.08. The van der Waals surface area contributed by atoms with Gasteiger partial charge in [-0.2, -0.15) is 8.75 Å². The molecule has 0 aliphatic carbocycles. The van der Waals surface area contributed by atoms with Crippen LogP contribution in [0.3, 0.4) is 0 Å². The molecule has 5 rings (SSSR count). The largest absolute Gasteiger partial charge is 0.337 e. The van der Waals surface area contributed by atoms with Crippen LogP contribution in [0.2, 0.25) is 0 Å². The van der Waals surface area contributed by atoms with Crippen LogP contribution in [0.15, 0.2) is 65.6 Å². The molecular weight excluding hydrogens is 458 g/mol. The molecule has 32 heavy (non-hydrogen) atoms. The molecule has 0 radical (unpaired) electrons. The van der Waals surface area contributed by atoms with Gasteiger partial charge in [-0.15, -0.1) is 0 Å². The van der Waals surface area contributed by atoms with Gasteiger partial charge < -0.3 is 5.32 Å². The van der Waals surface area contributed by atoms with Gasteiger partial charge in [0, 0.05) is 5.69 Å². The summed E-state index contributed by atoms with van der Waals surface area (Å²) in [5, 5.41) is 3.04. The highest BCUT2D eigenvalue weighted by Crippen LogP contribution is 2.28. The molecule has 0 amide bonds. The van der Waals surface area contributed by atoms with Crippen molar-refractivity contribution in [2.45, 2.75) is 4.90 Å². The molecule has 3 aromatic carbocycles. The normalized spacial score (nSPS) is 11.7. The van der Waals surface area contributed by atoms with Crippen molar-refractivity contribution in [2.75, 3.05) is 10.0 Å². The zero-order chi connectivity index (χ0) is 22.3. The van der Waals surface area contributed by atoms with Gasteiger partial charge >= 0.3 is 0 Å². The number of halogens is 2. The first-order chi connectivity index (χ1) is 15.4. The Morgan fingerprint density at radius 3 is 2.22 bits per heavy atom. The molecule has 2 aromatic heterocycles. The van der Waals surface area contributed by atoms with Gasteiger partial charge in [0.15, 0.2) is 23.3 Å². The monoisotopic (exact) mass is 470 g/mol. The fraction of sp³-hybridized carbons (Fsp3) is 0. The average molecular weight is 470 g/mol. The third-order valence-corrected chi connectivity index (χ3v) is 6.41. The van der Waals surface area contributed by atoms with Gasteiger partial charge in [-0.25, -0.2) is 27.2 Å². The second-order valence-corrected chi connectivity index (χ2v) is 8.89. The summed E-state index contributed by atoms with van der Waals surface area (Å²) < 4.78 is 63.2. The summed E-state index contributed by atoms with van der Waals surface area (Å²) in [5.41, 5.74) is 2.95. The van der Waals surface area contributed by atoms with Crippen LogP contribution in [0.5, 0.6) is 0 Å². The SMILES string of the molecule is O=S(=O)(Nc1nc2ccccc2nc1Nc1ccc2nsnc2c1)c1ccc(F)c(F)c1. The Kier molecular flexibility index (Phi) is 4.87. The number of hydrogen-bond acceptors (Lipinski definition) is 8. The van der Waals surface area contributed by atoms with Crippen molar-refractivity contribution in [1.82, 2.24) is 18.7 Å². The van der Waals surface area contributed by atoms with Crippen molar-refractivity contribution < 1.29 is 17.2 Å². The first kappa shape index (κ1) is 20.2. The van der Waals surface area contributed by atoms with E-state index in [9.17, 15) is 17.2 Å². The van der Waals surface area contributed by atoms with Crippen molar-refractivity contribution in [3.05, 3.63) is 72.3 Å². The topological polar surface area (TPSA) is 110 Å². The molecule has 2 heterocycles. The van der Waals surface area contributed by atoms with E-state index in [0.717, 1.165) is 29.4 Å². The van der Waals surface area contributed by atoms with E-state index in [4.69, 9.17) is 0 Å². The van der Waals surface area contributed by atoms with Crippen LogP contribution >= 0.6 is 11.7 Å². The van der Waals surface area contributed by atoms with Crippen molar-refractivity contribution >= 4 is 61.1 Å². The first-order valence-electron chi connectivity index (χ1n) is 9.13. The molecule has 5 aromatic rings. The quantitative estimate of drug-likeness (QED) is 0.390. The number of hydrogen-bond donors (Lipinski definition) is 2. The second-order valence-electron chi connectivity index (χ2n) is 6.68. The number of fused-ring (bicyclic) bond motifs is 2. The van der Waals surface area contributed by atoms with Crippen LogP contribution in [0.25, 0.3) is 22.1 Å². The summed E-state index contributed by atoms with van der Waals surface area (Å²) in [6.07, 6.45) is 0. The molecule has 0 spiro atoms. The van der Waals surface area contributed by atoms with Crippen molar-refractivity contribution in [1.29, 1.82) is 0 Å². The summed E-state index contributed by atoms with van der Waals surface area (Å²) in [4.78, 5) is 8.39. The second kappa shape index (κ2) is 7.73. The molecule has 2 N–H and O–H groups in total. The number of sulfonamides is 1. The predicted molar refractivity (Wildman–Crippen MR) is 117 cm³/mol. The maximum atomic E-state index is 13.6. The van der Waals surface area contributed by atoms with Crippen LogP contribution in [0.1, 0.15) is 0 Å². The third kappa shape index (κ3) is 3.81. The molecule has 160 valence electrons. The lowest BCUT2D eigenvalue weighted by Gasteiger charge is -2.14. The van der Waals surface area contributed by atoms with E-state index < -0.39 is 26.6 Å². The summed E-state index contributed by atoms with van der Waals surface area (Å²) in [7, 11) is -4.28. The van der Waals surface area contributed by atoms with Crippen LogP contribution in [-0.4, -0.2) is 27.1 Å². The third-order valence-electron chi connectivity index (χ3n) is 4.52. The van der Waals surface area contributed by atoms with Crippen LogP contribution in [0, 0.1) is 11.6 Å². The first-order valence-corrected chi connectivity index (χ1v) is 11.3. The Morgan fingerprint density at radius 1 is 0.750 bits per heavy atom. The Balaban J connectivity index is 1.58. The number of nitrogens with zero attached hydrogens (tertiary/aromatic N) is 4. The highest BCUT2D eigenvalue weighted by Gasteiger charge is 2.21. The molecule has 8 nitrogen and oxygen atoms in total. The molecule has 0 aliphatic rings. The molecule has 12 heteroatoms. The zero-order valence-electron chi connectivity index (χ0n) is 16.0. The Hall–Kier alpha value is -3.77. The molecule has 0 unspecified atom stereocenters. The summed E-state index contributed by atoms with van der Waals surface area (Å²) in [5.74, 6) is -2.41. The van der Waals surface area contributed by atoms with Crippen molar-refractivity contribution in [3.8, 4) is 0 Å². The predicted octanol–water partition coefficient (Wildman–Crippen LogP) is 4.46. The average Bonchev–Trinajstić information content (AvgIpc) is 3.23. The van der Waals surface area contributed by atoms with E-state index in [1.54, 1.807) is 42.5 Å². The van der Waals surface area contributed by atoms with Gasteiger partial charge in [-0.05, 0) is 48.5 Å². The fourth-order valence-corrected chi connectivity index (χ4v) is 4.52. The Morgan fingerprint density at radius 2 is 1.47 bits per heavy atom. The zero-order valence-corrected chi connectivity index (χ0v) is 17.6. The molecule has 0 bridgehead atoms. The van der Waals surface area contributed by atoms with E-state index in [1.165, 1.54) is 0 Å². The lowest BCUT2D eigenvalue weighted by Crippen LogP contribution is -2.16. The molecular formula is C20H12F2N6O2S2. The highest BCUT2D eigenvalue weighted by atomic mass is 32.2. The van der Waals surface area contributed by atoms with Crippen LogP contribution in [0.4, 0.5) is 26.1 Å². The Bertz CT molecular complexity index is 1590. The van der Waals surface area contributed by atoms with E-state index in [2.05, 4.69) is 28.8 Å². The van der Waals surface area contributed by atoms with Gasteiger partial charge in [-0.1, -0.05) is 12.1 Å². The van der Waals surface area contributed by atoms with E-state index in [-0.39, 0.29) is 11.6 Å². The number of rotatable bonds is 5. The number of nitrogens with one attached hydrogen (secondary N) is 2. The molecule has 0 fully saturated rings. The summed E-state index contributed by atoms with van der Waals surface area (Å²) in [6, 6.07) is 14.5. The number of anilines is 3. The maximum absolute atomic E-state index is 13.6. The van der Waals surface area contributed by atoms with E-state index in [0.29, 0.717) is 28.3 Å². The Labute approximate surface area is 184 Å².